The summed E-state index contributed by atoms with van der Waals surface area (Å²) in [5.74, 6) is 0. The van der Waals surface area contributed by atoms with Gasteiger partial charge in [0.25, 0.3) is 0 Å². The first-order valence-electron chi connectivity index (χ1n) is 4.83. The van der Waals surface area contributed by atoms with Gasteiger partial charge in [-0.25, -0.2) is 0 Å². The molecule has 0 radical (unpaired) electrons. The first kappa shape index (κ1) is 14.0. The van der Waals surface area contributed by atoms with Gasteiger partial charge in [-0.05, 0) is 21.8 Å². The fourth-order valence-electron chi connectivity index (χ4n) is 1.04. The molecule has 0 spiro atoms. The first-order valence-corrected chi connectivity index (χ1v) is 8.60. The first-order chi connectivity index (χ1) is 6.26. The van der Waals surface area contributed by atoms with Crippen molar-refractivity contribution in [3.63, 3.8) is 0 Å². The Balaban J connectivity index is 3.79. The molecule has 0 aliphatic rings. The molecule has 0 aromatic rings. The van der Waals surface area contributed by atoms with E-state index >= 15 is 0 Å². The van der Waals surface area contributed by atoms with Gasteiger partial charge in [-0.2, -0.15) is 0 Å². The van der Waals surface area contributed by atoms with Gasteiger partial charge in [-0.15, -0.1) is 0 Å². The number of hydrogen-bond donors (Lipinski definition) is 0. The van der Waals surface area contributed by atoms with Crippen LogP contribution in [0.15, 0.2) is 0 Å². The molecule has 78 valence electrons. The van der Waals surface area contributed by atoms with E-state index in [0.29, 0.717) is 0 Å². The summed E-state index contributed by atoms with van der Waals surface area (Å²) in [5, 5.41) is 0. The molecular weight excluding hydrogens is 313 g/mol. The highest BCUT2D eigenvalue weighted by Gasteiger charge is 2.07. The highest BCUT2D eigenvalue weighted by Crippen LogP contribution is 2.18. The van der Waals surface area contributed by atoms with Crippen molar-refractivity contribution in [1.29, 1.82) is 0 Å². The highest BCUT2D eigenvalue weighted by molar-refractivity contribution is 14.2. The predicted molar refractivity (Wildman–Crippen MR) is 75.6 cm³/mol. The van der Waals surface area contributed by atoms with Gasteiger partial charge >= 0.3 is 0 Å². The molecule has 0 rings (SSSR count). The Morgan fingerprint density at radius 3 is 2.00 bits per heavy atom. The van der Waals surface area contributed by atoms with Crippen molar-refractivity contribution in [2.45, 2.75) is 39.5 Å². The summed E-state index contributed by atoms with van der Waals surface area (Å²) in [4.78, 5) is 2.33. The number of thiocarbonyl (C=S) groups is 1. The SMILES string of the molecule is CCCCN(CCCC)C(=S)SI. The van der Waals surface area contributed by atoms with Crippen LogP contribution in [0.3, 0.4) is 0 Å². The number of unbranched alkanes of at least 4 members (excludes halogenated alkanes) is 2. The van der Waals surface area contributed by atoms with Crippen LogP contribution in [-0.2, 0) is 0 Å². The van der Waals surface area contributed by atoms with Crippen molar-refractivity contribution in [3.05, 3.63) is 0 Å². The smallest absolute Gasteiger partial charge is 0.146 e. The standard InChI is InChI=1S/C9H18INS2/c1-3-5-7-11(8-6-4-2)9(12)13-10/h3-8H2,1-2H3. The minimum absolute atomic E-state index is 1.04. The van der Waals surface area contributed by atoms with Crippen molar-refractivity contribution in [3.8, 4) is 0 Å². The summed E-state index contributed by atoms with van der Waals surface area (Å²) in [6.07, 6.45) is 5.00. The topological polar surface area (TPSA) is 3.24 Å². The van der Waals surface area contributed by atoms with Gasteiger partial charge in [-0.3, -0.25) is 0 Å². The third-order valence-electron chi connectivity index (χ3n) is 1.89. The molecule has 0 aromatic heterocycles. The Morgan fingerprint density at radius 1 is 1.23 bits per heavy atom. The van der Waals surface area contributed by atoms with E-state index in [1.54, 1.807) is 8.93 Å². The Hall–Kier alpha value is 0.970. The van der Waals surface area contributed by atoms with Crippen LogP contribution in [0.1, 0.15) is 39.5 Å². The lowest BCUT2D eigenvalue weighted by Crippen LogP contribution is -2.28. The Morgan fingerprint density at radius 2 is 1.69 bits per heavy atom. The maximum absolute atomic E-state index is 5.28. The van der Waals surface area contributed by atoms with Crippen LogP contribution in [0, 0.1) is 0 Å². The van der Waals surface area contributed by atoms with Crippen LogP contribution in [-0.4, -0.2) is 22.3 Å². The fourth-order valence-corrected chi connectivity index (χ4v) is 2.34. The average Bonchev–Trinajstić information content (AvgIpc) is 2.17. The Kier molecular flexibility index (Phi) is 10.2. The number of rotatable bonds is 6. The quantitative estimate of drug-likeness (QED) is 0.529. The number of halogens is 1. The van der Waals surface area contributed by atoms with E-state index in [1.165, 1.54) is 25.7 Å². The van der Waals surface area contributed by atoms with Crippen molar-refractivity contribution in [1.82, 2.24) is 4.90 Å². The molecule has 0 atom stereocenters. The van der Waals surface area contributed by atoms with Crippen molar-refractivity contribution in [2.24, 2.45) is 0 Å². The second-order valence-electron chi connectivity index (χ2n) is 3.04. The lowest BCUT2D eigenvalue weighted by Gasteiger charge is -2.22. The Labute approximate surface area is 104 Å². The van der Waals surface area contributed by atoms with Crippen LogP contribution in [0.5, 0.6) is 0 Å². The number of nitrogens with zero attached hydrogens (tertiary/aromatic N) is 1. The van der Waals surface area contributed by atoms with Gasteiger partial charge in [0, 0.05) is 34.3 Å². The normalized spacial score (nSPS) is 10.1. The van der Waals surface area contributed by atoms with E-state index in [4.69, 9.17) is 12.2 Å². The van der Waals surface area contributed by atoms with E-state index in [0.717, 1.165) is 17.4 Å². The summed E-state index contributed by atoms with van der Waals surface area (Å²) >= 11 is 7.55. The second-order valence-corrected chi connectivity index (χ2v) is 5.54. The van der Waals surface area contributed by atoms with Crippen LogP contribution >= 0.6 is 42.4 Å². The minimum Gasteiger partial charge on any atom is -0.357 e. The van der Waals surface area contributed by atoms with Crippen molar-refractivity contribution in [2.75, 3.05) is 13.1 Å². The molecule has 0 saturated heterocycles. The largest absolute Gasteiger partial charge is 0.357 e. The van der Waals surface area contributed by atoms with Gasteiger partial charge in [0.2, 0.25) is 0 Å². The van der Waals surface area contributed by atoms with Gasteiger partial charge in [0.05, 0.1) is 0 Å². The monoisotopic (exact) mass is 331 g/mol. The summed E-state index contributed by atoms with van der Waals surface area (Å²) in [6.45, 7) is 6.70. The molecule has 0 saturated carbocycles. The molecule has 1 nitrogen and oxygen atoms in total. The summed E-state index contributed by atoms with van der Waals surface area (Å²) in [7, 11) is 1.66. The molecule has 0 fully saturated rings. The maximum atomic E-state index is 5.28. The predicted octanol–water partition coefficient (Wildman–Crippen LogP) is 4.26. The molecule has 4 heteroatoms. The molecule has 0 N–H and O–H groups in total. The molecule has 0 unspecified atom stereocenters. The van der Waals surface area contributed by atoms with E-state index in [9.17, 15) is 0 Å². The zero-order chi connectivity index (χ0) is 10.1. The van der Waals surface area contributed by atoms with E-state index in [-0.39, 0.29) is 0 Å². The molecular formula is C9H18INS2. The molecule has 13 heavy (non-hydrogen) atoms. The minimum atomic E-state index is 1.04. The Bertz CT molecular complexity index is 134. The molecule has 0 aromatic carbocycles. The lowest BCUT2D eigenvalue weighted by atomic mass is 10.3. The zero-order valence-corrected chi connectivity index (χ0v) is 12.2. The van der Waals surface area contributed by atoms with E-state index < -0.39 is 0 Å². The van der Waals surface area contributed by atoms with E-state index in [1.807, 2.05) is 0 Å². The summed E-state index contributed by atoms with van der Waals surface area (Å²) < 4.78 is 1.04. The molecule has 0 aliphatic carbocycles. The third kappa shape index (κ3) is 6.96. The van der Waals surface area contributed by atoms with Crippen molar-refractivity contribution < 1.29 is 0 Å². The van der Waals surface area contributed by atoms with E-state index in [2.05, 4.69) is 40.0 Å². The van der Waals surface area contributed by atoms with Crippen LogP contribution < -0.4 is 0 Å². The van der Waals surface area contributed by atoms with Gasteiger partial charge in [0.1, 0.15) is 4.32 Å². The average molecular weight is 331 g/mol. The van der Waals surface area contributed by atoms with Gasteiger partial charge in [0.15, 0.2) is 0 Å². The maximum Gasteiger partial charge on any atom is 0.146 e. The molecule has 0 bridgehead atoms. The van der Waals surface area contributed by atoms with Crippen LogP contribution in [0.2, 0.25) is 0 Å². The summed E-state index contributed by atoms with van der Waals surface area (Å²) in [5.41, 5.74) is 0. The third-order valence-corrected chi connectivity index (χ3v) is 4.93. The molecule has 0 aliphatic heterocycles. The van der Waals surface area contributed by atoms with Gasteiger partial charge in [-0.1, -0.05) is 38.9 Å². The fraction of sp³-hybridized carbons (Fsp3) is 0.889. The van der Waals surface area contributed by atoms with Gasteiger partial charge < -0.3 is 4.90 Å². The number of hydrogen-bond acceptors (Lipinski definition) is 2. The summed E-state index contributed by atoms with van der Waals surface area (Å²) in [6, 6.07) is 0. The lowest BCUT2D eigenvalue weighted by molar-refractivity contribution is 0.411. The molecule has 0 amide bonds. The van der Waals surface area contributed by atoms with Crippen LogP contribution in [0.4, 0.5) is 0 Å². The second kappa shape index (κ2) is 9.52. The zero-order valence-electron chi connectivity index (χ0n) is 8.38. The highest BCUT2D eigenvalue weighted by atomic mass is 127. The molecule has 0 heterocycles. The van der Waals surface area contributed by atoms with Crippen LogP contribution in [0.25, 0.3) is 0 Å². The van der Waals surface area contributed by atoms with Crippen molar-refractivity contribution >= 4 is 46.7 Å².